The number of hydrogen-bond donors (Lipinski definition) is 2. The molecule has 34 heavy (non-hydrogen) atoms. The van der Waals surface area contributed by atoms with Gasteiger partial charge in [-0.2, -0.15) is 0 Å². The van der Waals surface area contributed by atoms with E-state index < -0.39 is 0 Å². The predicted molar refractivity (Wildman–Crippen MR) is 131 cm³/mol. The lowest BCUT2D eigenvalue weighted by Crippen LogP contribution is -2.19. The minimum Gasteiger partial charge on any atom is -0.396 e. The first-order chi connectivity index (χ1) is 16.5. The van der Waals surface area contributed by atoms with E-state index in [-0.39, 0.29) is 30.3 Å². The maximum Gasteiger partial charge on any atom is 0.223 e. The molecule has 6 nitrogen and oxygen atoms in total. The van der Waals surface area contributed by atoms with Gasteiger partial charge in [-0.1, -0.05) is 43.3 Å². The minimum atomic E-state index is -0.300. The zero-order valence-corrected chi connectivity index (χ0v) is 19.1. The van der Waals surface area contributed by atoms with E-state index in [1.54, 1.807) is 18.3 Å². The molecule has 0 saturated heterocycles. The summed E-state index contributed by atoms with van der Waals surface area (Å²) in [5.41, 5.74) is 4.15. The monoisotopic (exact) mass is 455 g/mol. The van der Waals surface area contributed by atoms with Crippen LogP contribution >= 0.6 is 0 Å². The van der Waals surface area contributed by atoms with Crippen LogP contribution in [0.2, 0.25) is 0 Å². The van der Waals surface area contributed by atoms with Crippen molar-refractivity contribution in [1.82, 2.24) is 19.5 Å². The molecule has 0 amide bonds. The van der Waals surface area contributed by atoms with Crippen molar-refractivity contribution in [3.05, 3.63) is 90.1 Å². The number of imidazole rings is 1. The highest BCUT2D eigenvalue weighted by Gasteiger charge is 2.29. The zero-order valence-electron chi connectivity index (χ0n) is 19.1. The molecule has 0 spiro atoms. The van der Waals surface area contributed by atoms with Gasteiger partial charge in [0.05, 0.1) is 29.7 Å². The molecule has 2 N–H and O–H groups in total. The van der Waals surface area contributed by atoms with Gasteiger partial charge in [0.2, 0.25) is 5.95 Å². The summed E-state index contributed by atoms with van der Waals surface area (Å²) in [4.78, 5) is 14.2. The Hall–Kier alpha value is -3.84. The van der Waals surface area contributed by atoms with Crippen molar-refractivity contribution >= 4 is 12.1 Å². The maximum atomic E-state index is 13.6. The van der Waals surface area contributed by atoms with Crippen LogP contribution in [-0.2, 0) is 0 Å². The van der Waals surface area contributed by atoms with Crippen LogP contribution in [0, 0.1) is 11.7 Å². The number of aliphatic hydroxyl groups is 1. The Bertz CT molecular complexity index is 1320. The third-order valence-electron chi connectivity index (χ3n) is 6.34. The van der Waals surface area contributed by atoms with Gasteiger partial charge in [-0.3, -0.25) is 0 Å². The number of nitrogens with zero attached hydrogens (tertiary/aromatic N) is 4. The van der Waals surface area contributed by atoms with E-state index in [4.69, 9.17) is 9.97 Å². The number of halogens is 1. The molecule has 2 aromatic heterocycles. The molecule has 3 heterocycles. The Balaban J connectivity index is 1.59. The van der Waals surface area contributed by atoms with Crippen LogP contribution < -0.4 is 5.32 Å². The van der Waals surface area contributed by atoms with E-state index in [0.29, 0.717) is 17.3 Å². The summed E-state index contributed by atoms with van der Waals surface area (Å²) in [6, 6.07) is 18.3. The Morgan fingerprint density at radius 2 is 1.82 bits per heavy atom. The van der Waals surface area contributed by atoms with Gasteiger partial charge in [0.1, 0.15) is 11.6 Å². The molecule has 0 aliphatic carbocycles. The summed E-state index contributed by atoms with van der Waals surface area (Å²) < 4.78 is 15.6. The summed E-state index contributed by atoms with van der Waals surface area (Å²) in [6.07, 6.45) is 5.66. The van der Waals surface area contributed by atoms with E-state index in [1.165, 1.54) is 12.1 Å². The Morgan fingerprint density at radius 1 is 1.06 bits per heavy atom. The average molecular weight is 456 g/mol. The molecule has 2 unspecified atom stereocenters. The number of anilines is 1. The van der Waals surface area contributed by atoms with Crippen LogP contribution in [0.15, 0.2) is 72.9 Å². The number of fused-ring (bicyclic) bond motifs is 1. The first kappa shape index (κ1) is 22.0. The lowest BCUT2D eigenvalue weighted by Gasteiger charge is -2.23. The van der Waals surface area contributed by atoms with Gasteiger partial charge in [-0.25, -0.2) is 19.3 Å². The van der Waals surface area contributed by atoms with Crippen LogP contribution in [0.3, 0.4) is 0 Å². The summed E-state index contributed by atoms with van der Waals surface area (Å²) in [5, 5.41) is 13.2. The van der Waals surface area contributed by atoms with E-state index in [0.717, 1.165) is 22.6 Å². The van der Waals surface area contributed by atoms with Crippen molar-refractivity contribution in [2.24, 2.45) is 5.92 Å². The van der Waals surface area contributed by atoms with Crippen molar-refractivity contribution in [3.63, 3.8) is 0 Å². The molecule has 0 fully saturated rings. The molecule has 4 aromatic rings. The molecular formula is C27H26FN5O. The molecule has 7 heteroatoms. The third kappa shape index (κ3) is 4.10. The largest absolute Gasteiger partial charge is 0.396 e. The topological polar surface area (TPSA) is 75.9 Å². The SMILES string of the molecule is CC1c2nc(-c3ccc(F)cc3)c(-c3ccnc(N[C@@H](C)c4ccccc4)n3)n2C=CC1CO. The molecule has 3 atom stereocenters. The number of nitrogens with one attached hydrogen (secondary N) is 1. The van der Waals surface area contributed by atoms with Crippen molar-refractivity contribution < 1.29 is 9.50 Å². The van der Waals surface area contributed by atoms with Crippen molar-refractivity contribution in [3.8, 4) is 22.6 Å². The summed E-state index contributed by atoms with van der Waals surface area (Å²) in [7, 11) is 0. The standard InChI is InChI=1S/C27H26FN5O/c1-17-21(16-34)13-15-33-25(24(32-26(17)33)20-8-10-22(28)11-9-20)23-12-14-29-27(31-23)30-18(2)19-6-4-3-5-7-19/h3-15,17-18,21,34H,16H2,1-2H3,(H,29,30,31)/t17?,18-,21?/m0/s1. The highest BCUT2D eigenvalue weighted by Crippen LogP contribution is 2.39. The van der Waals surface area contributed by atoms with Gasteiger partial charge in [-0.05, 0) is 42.8 Å². The fraction of sp³-hybridized carbons (Fsp3) is 0.222. The van der Waals surface area contributed by atoms with E-state index in [1.807, 2.05) is 41.1 Å². The summed E-state index contributed by atoms with van der Waals surface area (Å²) in [6.45, 7) is 4.16. The molecule has 1 aliphatic heterocycles. The maximum absolute atomic E-state index is 13.6. The van der Waals surface area contributed by atoms with Crippen molar-refractivity contribution in [1.29, 1.82) is 0 Å². The van der Waals surface area contributed by atoms with Gasteiger partial charge >= 0.3 is 0 Å². The zero-order chi connectivity index (χ0) is 23.7. The van der Waals surface area contributed by atoms with Crippen LogP contribution in [0.5, 0.6) is 0 Å². The number of aromatic nitrogens is 4. The molecule has 0 radical (unpaired) electrons. The van der Waals surface area contributed by atoms with Gasteiger partial charge < -0.3 is 15.0 Å². The summed E-state index contributed by atoms with van der Waals surface area (Å²) in [5.74, 6) is 1.04. The lowest BCUT2D eigenvalue weighted by molar-refractivity contribution is 0.233. The van der Waals surface area contributed by atoms with Gasteiger partial charge in [0.25, 0.3) is 0 Å². The third-order valence-corrected chi connectivity index (χ3v) is 6.34. The van der Waals surface area contributed by atoms with E-state index >= 15 is 0 Å². The molecule has 2 aromatic carbocycles. The molecule has 0 saturated carbocycles. The highest BCUT2D eigenvalue weighted by atomic mass is 19.1. The fourth-order valence-corrected chi connectivity index (χ4v) is 4.33. The Kier molecular flexibility index (Phi) is 5.94. The molecule has 172 valence electrons. The van der Waals surface area contributed by atoms with E-state index in [9.17, 15) is 9.50 Å². The number of hydrogen-bond acceptors (Lipinski definition) is 5. The number of aliphatic hydroxyl groups excluding tert-OH is 1. The second-order valence-corrected chi connectivity index (χ2v) is 8.56. The van der Waals surface area contributed by atoms with Crippen molar-refractivity contribution in [2.75, 3.05) is 11.9 Å². The predicted octanol–water partition coefficient (Wildman–Crippen LogP) is 5.52. The smallest absolute Gasteiger partial charge is 0.223 e. The van der Waals surface area contributed by atoms with Crippen LogP contribution in [0.4, 0.5) is 10.3 Å². The van der Waals surface area contributed by atoms with Crippen LogP contribution in [0.1, 0.15) is 37.2 Å². The Labute approximate surface area is 197 Å². The first-order valence-electron chi connectivity index (χ1n) is 11.4. The second-order valence-electron chi connectivity index (χ2n) is 8.56. The highest BCUT2D eigenvalue weighted by molar-refractivity contribution is 5.79. The average Bonchev–Trinajstić information content (AvgIpc) is 3.26. The van der Waals surface area contributed by atoms with E-state index in [2.05, 4.69) is 36.3 Å². The summed E-state index contributed by atoms with van der Waals surface area (Å²) >= 11 is 0. The lowest BCUT2D eigenvalue weighted by atomic mass is 9.92. The molecule has 0 bridgehead atoms. The van der Waals surface area contributed by atoms with Gasteiger partial charge in [-0.15, -0.1) is 0 Å². The normalized spacial score (nSPS) is 17.9. The molecule has 1 aliphatic rings. The first-order valence-corrected chi connectivity index (χ1v) is 11.4. The van der Waals surface area contributed by atoms with Gasteiger partial charge in [0, 0.05) is 29.8 Å². The number of benzene rings is 2. The molecule has 5 rings (SSSR count). The van der Waals surface area contributed by atoms with Crippen LogP contribution in [-0.4, -0.2) is 31.2 Å². The quantitative estimate of drug-likeness (QED) is 0.401. The van der Waals surface area contributed by atoms with Crippen LogP contribution in [0.25, 0.3) is 28.8 Å². The second kappa shape index (κ2) is 9.19. The number of rotatable bonds is 6. The van der Waals surface area contributed by atoms with Gasteiger partial charge in [0.15, 0.2) is 0 Å². The fourth-order valence-electron chi connectivity index (χ4n) is 4.33. The molecular weight excluding hydrogens is 429 g/mol. The minimum absolute atomic E-state index is 0.0143. The van der Waals surface area contributed by atoms with Crippen molar-refractivity contribution in [2.45, 2.75) is 25.8 Å². The Morgan fingerprint density at radius 3 is 2.56 bits per heavy atom.